The van der Waals surface area contributed by atoms with E-state index in [1.807, 2.05) is 86.6 Å². The fourth-order valence-corrected chi connectivity index (χ4v) is 3.91. The van der Waals surface area contributed by atoms with Crippen molar-refractivity contribution in [2.45, 2.75) is 40.0 Å². The first-order chi connectivity index (χ1) is 16.7. The lowest BCUT2D eigenvalue weighted by Crippen LogP contribution is -2.38. The average Bonchev–Trinajstić information content (AvgIpc) is 3.26. The molecule has 4 rings (SSSR count). The molecule has 0 bridgehead atoms. The standard InChI is InChI=1S/C29H32N4O2/c1-6-32(28(35)23-14-13-21-9-7-8-10-22(21)17-23)19-27(34)30-26-18-25(29(3,4)5)31-33(26)24-15-11-20(2)12-16-24/h7-18H,6,19H2,1-5H3,(H,30,34). The number of nitrogens with zero attached hydrogens (tertiary/aromatic N) is 3. The molecular formula is C29H32N4O2. The fourth-order valence-electron chi connectivity index (χ4n) is 3.91. The summed E-state index contributed by atoms with van der Waals surface area (Å²) in [5.74, 6) is 0.142. The van der Waals surface area contributed by atoms with E-state index in [1.54, 1.807) is 9.58 Å². The SMILES string of the molecule is CCN(CC(=O)Nc1cc(C(C)(C)C)nn1-c1ccc(C)cc1)C(=O)c1ccc2ccccc2c1. The van der Waals surface area contributed by atoms with E-state index in [-0.39, 0.29) is 23.8 Å². The normalized spacial score (nSPS) is 11.5. The molecule has 180 valence electrons. The van der Waals surface area contributed by atoms with Gasteiger partial charge in [-0.15, -0.1) is 0 Å². The van der Waals surface area contributed by atoms with Crippen LogP contribution in [0, 0.1) is 6.92 Å². The van der Waals surface area contributed by atoms with Crippen LogP contribution >= 0.6 is 0 Å². The Balaban J connectivity index is 1.55. The number of rotatable bonds is 6. The number of aromatic nitrogens is 2. The summed E-state index contributed by atoms with van der Waals surface area (Å²) in [6.45, 7) is 10.5. The van der Waals surface area contributed by atoms with E-state index in [0.29, 0.717) is 17.9 Å². The van der Waals surface area contributed by atoms with Gasteiger partial charge in [-0.1, -0.05) is 68.8 Å². The zero-order valence-electron chi connectivity index (χ0n) is 21.0. The van der Waals surface area contributed by atoms with Crippen molar-refractivity contribution in [3.63, 3.8) is 0 Å². The maximum atomic E-state index is 13.2. The predicted octanol–water partition coefficient (Wildman–Crippen LogP) is 5.73. The van der Waals surface area contributed by atoms with Gasteiger partial charge in [0.25, 0.3) is 5.91 Å². The van der Waals surface area contributed by atoms with Crippen LogP contribution in [-0.2, 0) is 10.2 Å². The zero-order chi connectivity index (χ0) is 25.2. The molecule has 1 aromatic heterocycles. The van der Waals surface area contributed by atoms with Crippen LogP contribution in [0.15, 0.2) is 72.8 Å². The molecule has 6 heteroatoms. The van der Waals surface area contributed by atoms with Gasteiger partial charge in [0.2, 0.25) is 5.91 Å². The van der Waals surface area contributed by atoms with E-state index in [9.17, 15) is 9.59 Å². The van der Waals surface area contributed by atoms with E-state index in [4.69, 9.17) is 5.10 Å². The van der Waals surface area contributed by atoms with E-state index >= 15 is 0 Å². The molecule has 1 heterocycles. The molecular weight excluding hydrogens is 436 g/mol. The minimum atomic E-state index is -0.269. The Morgan fingerprint density at radius 3 is 2.29 bits per heavy atom. The summed E-state index contributed by atoms with van der Waals surface area (Å²) in [5, 5.41) is 9.82. The summed E-state index contributed by atoms with van der Waals surface area (Å²) in [6, 6.07) is 23.4. The molecule has 4 aromatic rings. The highest BCUT2D eigenvalue weighted by Crippen LogP contribution is 2.26. The summed E-state index contributed by atoms with van der Waals surface area (Å²) in [4.78, 5) is 27.8. The predicted molar refractivity (Wildman–Crippen MR) is 141 cm³/mol. The lowest BCUT2D eigenvalue weighted by atomic mass is 9.92. The Morgan fingerprint density at radius 1 is 0.943 bits per heavy atom. The van der Waals surface area contributed by atoms with Gasteiger partial charge in [0, 0.05) is 23.6 Å². The van der Waals surface area contributed by atoms with Gasteiger partial charge >= 0.3 is 0 Å². The maximum Gasteiger partial charge on any atom is 0.254 e. The molecule has 0 atom stereocenters. The van der Waals surface area contributed by atoms with E-state index in [2.05, 4.69) is 26.1 Å². The van der Waals surface area contributed by atoms with Crippen LogP contribution in [0.3, 0.4) is 0 Å². The number of likely N-dealkylation sites (N-methyl/N-ethyl adjacent to an activating group) is 1. The number of fused-ring (bicyclic) bond motifs is 1. The minimum absolute atomic E-state index is 0.0495. The summed E-state index contributed by atoms with van der Waals surface area (Å²) in [6.07, 6.45) is 0. The largest absolute Gasteiger partial charge is 0.330 e. The van der Waals surface area contributed by atoms with Crippen molar-refractivity contribution in [3.8, 4) is 5.69 Å². The summed E-state index contributed by atoms with van der Waals surface area (Å²) >= 11 is 0. The second-order valence-corrected chi connectivity index (χ2v) is 9.84. The van der Waals surface area contributed by atoms with Gasteiger partial charge in [0.1, 0.15) is 12.4 Å². The van der Waals surface area contributed by atoms with Crippen LogP contribution in [0.4, 0.5) is 5.82 Å². The van der Waals surface area contributed by atoms with Crippen molar-refractivity contribution in [2.75, 3.05) is 18.4 Å². The highest BCUT2D eigenvalue weighted by atomic mass is 16.2. The third kappa shape index (κ3) is 5.43. The quantitative estimate of drug-likeness (QED) is 0.393. The lowest BCUT2D eigenvalue weighted by Gasteiger charge is -2.21. The van der Waals surface area contributed by atoms with Gasteiger partial charge in [0.15, 0.2) is 0 Å². The topological polar surface area (TPSA) is 67.2 Å². The van der Waals surface area contributed by atoms with Crippen molar-refractivity contribution in [1.82, 2.24) is 14.7 Å². The summed E-state index contributed by atoms with van der Waals surface area (Å²) < 4.78 is 1.75. The number of nitrogens with one attached hydrogen (secondary N) is 1. The summed E-state index contributed by atoms with van der Waals surface area (Å²) in [5.41, 5.74) is 3.26. The third-order valence-corrected chi connectivity index (χ3v) is 6.02. The Morgan fingerprint density at radius 2 is 1.63 bits per heavy atom. The number of carbonyl (C=O) groups excluding carboxylic acids is 2. The van der Waals surface area contributed by atoms with E-state index in [1.165, 1.54) is 0 Å². The number of amides is 2. The molecule has 0 saturated carbocycles. The number of aryl methyl sites for hydroxylation is 1. The van der Waals surface area contributed by atoms with Gasteiger partial charge in [-0.25, -0.2) is 4.68 Å². The molecule has 0 aliphatic heterocycles. The van der Waals surface area contributed by atoms with Crippen LogP contribution in [0.1, 0.15) is 49.3 Å². The smallest absolute Gasteiger partial charge is 0.254 e. The Hall–Kier alpha value is -3.93. The molecule has 6 nitrogen and oxygen atoms in total. The van der Waals surface area contributed by atoms with E-state index < -0.39 is 0 Å². The number of hydrogen-bond acceptors (Lipinski definition) is 3. The summed E-state index contributed by atoms with van der Waals surface area (Å²) in [7, 11) is 0. The number of hydrogen-bond donors (Lipinski definition) is 1. The molecule has 1 N–H and O–H groups in total. The fraction of sp³-hybridized carbons (Fsp3) is 0.276. The molecule has 0 saturated heterocycles. The van der Waals surface area contributed by atoms with Gasteiger partial charge in [-0.3, -0.25) is 9.59 Å². The first-order valence-corrected chi connectivity index (χ1v) is 11.9. The zero-order valence-corrected chi connectivity index (χ0v) is 21.0. The molecule has 0 spiro atoms. The van der Waals surface area contributed by atoms with Gasteiger partial charge in [0.05, 0.1) is 11.4 Å². The molecule has 2 amide bonds. The van der Waals surface area contributed by atoms with Crippen molar-refractivity contribution in [3.05, 3.63) is 89.6 Å². The minimum Gasteiger partial charge on any atom is -0.330 e. The average molecular weight is 469 g/mol. The maximum absolute atomic E-state index is 13.2. The Bertz CT molecular complexity index is 1360. The third-order valence-electron chi connectivity index (χ3n) is 6.02. The molecule has 35 heavy (non-hydrogen) atoms. The Kier molecular flexibility index (Phi) is 6.74. The molecule has 0 aliphatic carbocycles. The Labute approximate surface area is 206 Å². The number of anilines is 1. The van der Waals surface area contributed by atoms with Crippen LogP contribution < -0.4 is 5.32 Å². The molecule has 0 unspecified atom stereocenters. The lowest BCUT2D eigenvalue weighted by molar-refractivity contribution is -0.116. The van der Waals surface area contributed by atoms with Crippen molar-refractivity contribution < 1.29 is 9.59 Å². The van der Waals surface area contributed by atoms with E-state index in [0.717, 1.165) is 27.7 Å². The van der Waals surface area contributed by atoms with Crippen molar-refractivity contribution >= 4 is 28.4 Å². The first kappa shape index (κ1) is 24.2. The van der Waals surface area contributed by atoms with Gasteiger partial charge in [-0.2, -0.15) is 5.10 Å². The molecule has 3 aromatic carbocycles. The van der Waals surface area contributed by atoms with Crippen LogP contribution in [0.5, 0.6) is 0 Å². The first-order valence-electron chi connectivity index (χ1n) is 11.9. The number of benzene rings is 3. The van der Waals surface area contributed by atoms with Crippen molar-refractivity contribution in [2.24, 2.45) is 0 Å². The van der Waals surface area contributed by atoms with Crippen LogP contribution in [0.25, 0.3) is 16.5 Å². The molecule has 0 fully saturated rings. The monoisotopic (exact) mass is 468 g/mol. The van der Waals surface area contributed by atoms with Crippen LogP contribution in [-0.4, -0.2) is 39.6 Å². The second kappa shape index (κ2) is 9.74. The second-order valence-electron chi connectivity index (χ2n) is 9.84. The number of carbonyl (C=O) groups is 2. The molecule has 0 radical (unpaired) electrons. The highest BCUT2D eigenvalue weighted by molar-refractivity contribution is 6.01. The highest BCUT2D eigenvalue weighted by Gasteiger charge is 2.23. The van der Waals surface area contributed by atoms with Gasteiger partial charge in [-0.05, 0) is 48.9 Å². The van der Waals surface area contributed by atoms with Crippen LogP contribution in [0.2, 0.25) is 0 Å². The molecule has 0 aliphatic rings. The van der Waals surface area contributed by atoms with Gasteiger partial charge < -0.3 is 10.2 Å². The van der Waals surface area contributed by atoms with Crippen molar-refractivity contribution in [1.29, 1.82) is 0 Å².